The van der Waals surface area contributed by atoms with Crippen molar-refractivity contribution in [1.82, 2.24) is 20.3 Å². The number of ether oxygens (including phenoxy) is 1. The Hall–Kier alpha value is -2.71. The van der Waals surface area contributed by atoms with Gasteiger partial charge in [-0.25, -0.2) is 13.2 Å². The maximum absolute atomic E-state index is 13.5. The number of allylic oxidation sites excluding steroid dienone is 1. The molecule has 38 heavy (non-hydrogen) atoms. The molecule has 0 aromatic rings. The van der Waals surface area contributed by atoms with Gasteiger partial charge in [0.15, 0.2) is 0 Å². The Kier molecular flexibility index (Phi) is 7.53. The molecular weight excluding hydrogens is 520 g/mol. The molecule has 0 aromatic heterocycles. The molecule has 1 unspecified atom stereocenters. The maximum Gasteiger partial charge on any atom is 0.405 e. The number of nitrogens with one attached hydrogen (secondary N) is 3. The number of amides is 4. The van der Waals surface area contributed by atoms with Crippen LogP contribution in [0.2, 0.25) is 0 Å². The summed E-state index contributed by atoms with van der Waals surface area (Å²) in [7, 11) is -3.96. The zero-order valence-corrected chi connectivity index (χ0v) is 22.5. The van der Waals surface area contributed by atoms with Gasteiger partial charge in [-0.05, 0) is 52.9 Å². The summed E-state index contributed by atoms with van der Waals surface area (Å²) in [5.74, 6) is -2.79. The minimum Gasteiger partial charge on any atom is -0.465 e. The van der Waals surface area contributed by atoms with E-state index in [9.17, 15) is 37.8 Å². The lowest BCUT2D eigenvalue weighted by Gasteiger charge is -2.32. The standard InChI is InChI=1S/C24H36N4O9S/c1-13-6-4-5-7-15-11-24(15,21(32)27-38(35,36)23(3)8-9-23)26-19(30)17-10-16(29)12-28(17)20(31)18(14(2)37-13)25-22(33)34/h5,7,13-18,25,29H,4,6,8-12H2,1-3H3,(H,26,30)(H,27,32)(H,33,34)/b7-5+/t13-,14+,15-,16-,17?,18+,24-/m1/s1. The molecular formula is C24H36N4O9S. The van der Waals surface area contributed by atoms with Crippen LogP contribution in [0.4, 0.5) is 4.79 Å². The highest BCUT2D eigenvalue weighted by atomic mass is 32.2. The van der Waals surface area contributed by atoms with Crippen molar-refractivity contribution in [1.29, 1.82) is 0 Å². The van der Waals surface area contributed by atoms with E-state index in [0.29, 0.717) is 25.7 Å². The molecule has 212 valence electrons. The van der Waals surface area contributed by atoms with Crippen molar-refractivity contribution >= 4 is 33.8 Å². The summed E-state index contributed by atoms with van der Waals surface area (Å²) >= 11 is 0. The lowest BCUT2D eigenvalue weighted by Crippen LogP contribution is -2.60. The molecule has 5 N–H and O–H groups in total. The quantitative estimate of drug-likeness (QED) is 0.287. The molecule has 0 aromatic carbocycles. The Balaban J connectivity index is 1.64. The first kappa shape index (κ1) is 28.3. The third kappa shape index (κ3) is 5.52. The van der Waals surface area contributed by atoms with Crippen LogP contribution < -0.4 is 15.4 Å². The third-order valence-corrected chi connectivity index (χ3v) is 10.2. The van der Waals surface area contributed by atoms with Crippen molar-refractivity contribution in [2.24, 2.45) is 5.92 Å². The third-order valence-electron chi connectivity index (χ3n) is 8.03. The van der Waals surface area contributed by atoms with E-state index in [0.717, 1.165) is 4.90 Å². The van der Waals surface area contributed by atoms with Crippen molar-refractivity contribution < 1.29 is 42.5 Å². The van der Waals surface area contributed by atoms with Gasteiger partial charge in [0.2, 0.25) is 21.8 Å². The minimum atomic E-state index is -3.96. The minimum absolute atomic E-state index is 0.127. The van der Waals surface area contributed by atoms with Gasteiger partial charge in [0.1, 0.15) is 17.6 Å². The number of aliphatic hydroxyl groups excluding tert-OH is 1. The highest BCUT2D eigenvalue weighted by Crippen LogP contribution is 2.47. The topological polar surface area (TPSA) is 191 Å². The molecule has 14 heteroatoms. The summed E-state index contributed by atoms with van der Waals surface area (Å²) in [6.07, 6.45) is 1.85. The number of carbonyl (C=O) groups is 4. The summed E-state index contributed by atoms with van der Waals surface area (Å²) in [5, 5.41) is 24.5. The predicted molar refractivity (Wildman–Crippen MR) is 133 cm³/mol. The molecule has 7 atom stereocenters. The van der Waals surface area contributed by atoms with Gasteiger partial charge >= 0.3 is 6.09 Å². The monoisotopic (exact) mass is 556 g/mol. The maximum atomic E-state index is 13.5. The number of fused-ring (bicyclic) bond motifs is 2. The molecule has 0 radical (unpaired) electrons. The van der Waals surface area contributed by atoms with Gasteiger partial charge < -0.3 is 30.5 Å². The summed E-state index contributed by atoms with van der Waals surface area (Å²) in [6, 6.07) is -2.54. The van der Waals surface area contributed by atoms with Crippen LogP contribution in [0.15, 0.2) is 12.2 Å². The number of carboxylic acid groups (broad SMARTS) is 1. The zero-order chi connectivity index (χ0) is 28.0. The number of sulfonamides is 1. The summed E-state index contributed by atoms with van der Waals surface area (Å²) < 4.78 is 32.5. The van der Waals surface area contributed by atoms with Crippen LogP contribution in [-0.2, 0) is 29.1 Å². The van der Waals surface area contributed by atoms with Crippen LogP contribution in [0.1, 0.15) is 59.3 Å². The molecule has 2 aliphatic heterocycles. The molecule has 4 amide bonds. The van der Waals surface area contributed by atoms with E-state index in [1.165, 1.54) is 0 Å². The normalized spacial score (nSPS) is 37.9. The second-order valence-corrected chi connectivity index (χ2v) is 13.3. The van der Waals surface area contributed by atoms with Crippen LogP contribution in [0.3, 0.4) is 0 Å². The van der Waals surface area contributed by atoms with E-state index < -0.39 is 74.3 Å². The zero-order valence-electron chi connectivity index (χ0n) is 21.7. The second kappa shape index (κ2) is 10.1. The Morgan fingerprint density at radius 2 is 1.92 bits per heavy atom. The Morgan fingerprint density at radius 3 is 2.55 bits per heavy atom. The first-order valence-electron chi connectivity index (χ1n) is 12.9. The van der Waals surface area contributed by atoms with Gasteiger partial charge in [-0.3, -0.25) is 19.1 Å². The van der Waals surface area contributed by atoms with Crippen molar-refractivity contribution in [3.8, 4) is 0 Å². The van der Waals surface area contributed by atoms with Crippen molar-refractivity contribution in [2.45, 2.75) is 100.0 Å². The number of hydrogen-bond donors (Lipinski definition) is 5. The lowest BCUT2D eigenvalue weighted by molar-refractivity contribution is -0.144. The van der Waals surface area contributed by atoms with Gasteiger partial charge in [-0.2, -0.15) is 0 Å². The van der Waals surface area contributed by atoms with Crippen LogP contribution in [0.5, 0.6) is 0 Å². The lowest BCUT2D eigenvalue weighted by atomic mass is 10.1. The van der Waals surface area contributed by atoms with E-state index >= 15 is 0 Å². The average Bonchev–Trinajstić information content (AvgIpc) is 3.70. The number of rotatable bonds is 4. The average molecular weight is 557 g/mol. The fourth-order valence-electron chi connectivity index (χ4n) is 5.17. The Bertz CT molecular complexity index is 1140. The highest BCUT2D eigenvalue weighted by molar-refractivity contribution is 7.91. The highest BCUT2D eigenvalue weighted by Gasteiger charge is 2.63. The molecule has 0 bridgehead atoms. The molecule has 2 aliphatic carbocycles. The largest absolute Gasteiger partial charge is 0.465 e. The Morgan fingerprint density at radius 1 is 1.24 bits per heavy atom. The number of nitrogens with zero attached hydrogens (tertiary/aromatic N) is 1. The van der Waals surface area contributed by atoms with Crippen molar-refractivity contribution in [2.75, 3.05) is 6.54 Å². The Labute approximate surface area is 221 Å². The molecule has 4 rings (SSSR count). The molecule has 2 saturated carbocycles. The smallest absolute Gasteiger partial charge is 0.405 e. The van der Waals surface area contributed by atoms with Crippen LogP contribution in [-0.4, -0.2) is 94.6 Å². The molecule has 0 spiro atoms. The fourth-order valence-corrected chi connectivity index (χ4v) is 6.48. The SMILES string of the molecule is C[C@@H]1CC/C=C/[C@@H]2C[C@@]2(C(=O)NS(=O)(=O)C2(C)CC2)NC(=O)C2C[C@@H](O)CN2C(=O)[C@@H](NC(=O)O)[C@H](C)O1. The van der Waals surface area contributed by atoms with E-state index in [1.54, 1.807) is 26.8 Å². The van der Waals surface area contributed by atoms with E-state index in [-0.39, 0.29) is 25.5 Å². The summed E-state index contributed by atoms with van der Waals surface area (Å²) in [4.78, 5) is 52.8. The van der Waals surface area contributed by atoms with E-state index in [4.69, 9.17) is 4.74 Å². The van der Waals surface area contributed by atoms with Crippen LogP contribution in [0, 0.1) is 5.92 Å². The van der Waals surface area contributed by atoms with Crippen LogP contribution >= 0.6 is 0 Å². The first-order chi connectivity index (χ1) is 17.7. The molecule has 1 saturated heterocycles. The van der Waals surface area contributed by atoms with Crippen molar-refractivity contribution in [3.05, 3.63) is 12.2 Å². The van der Waals surface area contributed by atoms with Gasteiger partial charge in [-0.15, -0.1) is 0 Å². The molecule has 3 fully saturated rings. The number of hydrogen-bond acceptors (Lipinski definition) is 8. The van der Waals surface area contributed by atoms with E-state index in [2.05, 4.69) is 15.4 Å². The second-order valence-electron chi connectivity index (χ2n) is 11.1. The van der Waals surface area contributed by atoms with Gasteiger partial charge in [-0.1, -0.05) is 12.2 Å². The molecule has 13 nitrogen and oxygen atoms in total. The first-order valence-corrected chi connectivity index (χ1v) is 14.4. The van der Waals surface area contributed by atoms with Gasteiger partial charge in [0.05, 0.1) is 23.1 Å². The summed E-state index contributed by atoms with van der Waals surface area (Å²) in [6.45, 7) is 4.68. The molecule has 2 heterocycles. The van der Waals surface area contributed by atoms with Crippen LogP contribution in [0.25, 0.3) is 0 Å². The van der Waals surface area contributed by atoms with E-state index in [1.807, 2.05) is 6.08 Å². The fraction of sp³-hybridized carbons (Fsp3) is 0.750. The summed E-state index contributed by atoms with van der Waals surface area (Å²) in [5.41, 5.74) is -1.53. The predicted octanol–water partition coefficient (Wildman–Crippen LogP) is -0.399. The van der Waals surface area contributed by atoms with Gasteiger partial charge in [0.25, 0.3) is 5.91 Å². The van der Waals surface area contributed by atoms with Crippen molar-refractivity contribution in [3.63, 3.8) is 0 Å². The van der Waals surface area contributed by atoms with Gasteiger partial charge in [0, 0.05) is 18.9 Å². The number of aliphatic hydroxyl groups is 1. The molecule has 4 aliphatic rings. The number of carbonyl (C=O) groups excluding carboxylic acids is 3.